The Hall–Kier alpha value is -8.44. The van der Waals surface area contributed by atoms with E-state index in [0.717, 1.165) is 154 Å². The Balaban J connectivity index is 1.30. The van der Waals surface area contributed by atoms with Crippen molar-refractivity contribution in [3.8, 4) is 70.4 Å². The van der Waals surface area contributed by atoms with Crippen LogP contribution in [0.3, 0.4) is 0 Å². The van der Waals surface area contributed by atoms with Gasteiger partial charge in [-0.2, -0.15) is 0 Å². The molecule has 0 fully saturated rings. The predicted molar refractivity (Wildman–Crippen MR) is 342 cm³/mol. The SMILES string of the molecule is COc1c2cc(C#Cc3ccc(C(C)=S)cc3)cc1Cc1cc(C#Cc3ccc(C(C)=S)cc3)cc(c1OC)Cc1cc(C#Cc3ccc(C(C)=S)cc3)cc(c1OC)Cc1cc(C#Cc3ccc(C(C)=S)cc3)cc(c1OC)C2. The molecule has 8 heteroatoms. The van der Waals surface area contributed by atoms with Crippen molar-refractivity contribution in [3.63, 3.8) is 0 Å². The van der Waals surface area contributed by atoms with E-state index in [0.29, 0.717) is 25.7 Å². The summed E-state index contributed by atoms with van der Waals surface area (Å²) in [6.45, 7) is 7.71. The topological polar surface area (TPSA) is 36.9 Å². The Bertz CT molecular complexity index is 3420. The number of hydrogen-bond donors (Lipinski definition) is 0. The fraction of sp³-hybridized carbons (Fsp3) is 0.167. The Morgan fingerprint density at radius 2 is 0.412 bits per heavy atom. The Morgan fingerprint density at radius 3 is 0.550 bits per heavy atom. The van der Waals surface area contributed by atoms with Crippen LogP contribution in [-0.4, -0.2) is 47.9 Å². The van der Waals surface area contributed by atoms with E-state index in [4.69, 9.17) is 67.8 Å². The minimum absolute atomic E-state index is 0.424. The van der Waals surface area contributed by atoms with Gasteiger partial charge in [-0.1, -0.05) is 145 Å². The second kappa shape index (κ2) is 25.6. The number of methoxy groups -OCH3 is 4. The molecule has 1 aliphatic carbocycles. The van der Waals surface area contributed by atoms with Crippen molar-refractivity contribution < 1.29 is 18.9 Å². The first-order chi connectivity index (χ1) is 38.7. The first kappa shape index (κ1) is 56.3. The summed E-state index contributed by atoms with van der Waals surface area (Å²) in [6.07, 6.45) is 1.70. The average Bonchev–Trinajstić information content (AvgIpc) is 3.46. The Labute approximate surface area is 492 Å². The highest BCUT2D eigenvalue weighted by atomic mass is 32.1. The average molecular weight is 1110 g/mol. The van der Waals surface area contributed by atoms with Crippen molar-refractivity contribution in [1.82, 2.24) is 0 Å². The lowest BCUT2D eigenvalue weighted by Crippen LogP contribution is -2.08. The van der Waals surface area contributed by atoms with E-state index in [-0.39, 0.29) is 0 Å². The van der Waals surface area contributed by atoms with E-state index in [1.54, 1.807) is 28.4 Å². The fourth-order valence-electron chi connectivity index (χ4n) is 9.96. The molecule has 392 valence electrons. The summed E-state index contributed by atoms with van der Waals surface area (Å²) in [4.78, 5) is 3.32. The molecule has 4 nitrogen and oxygen atoms in total. The van der Waals surface area contributed by atoms with E-state index in [2.05, 4.69) is 95.9 Å². The van der Waals surface area contributed by atoms with Gasteiger partial charge in [0, 0.05) is 134 Å². The van der Waals surface area contributed by atoms with Gasteiger partial charge in [-0.25, -0.2) is 0 Å². The van der Waals surface area contributed by atoms with Crippen molar-refractivity contribution in [1.29, 1.82) is 0 Å². The van der Waals surface area contributed by atoms with Gasteiger partial charge in [-0.3, -0.25) is 0 Å². The van der Waals surface area contributed by atoms with E-state index < -0.39 is 0 Å². The van der Waals surface area contributed by atoms with Gasteiger partial charge in [-0.05, 0) is 147 Å². The van der Waals surface area contributed by atoms with Gasteiger partial charge in [0.15, 0.2) is 0 Å². The van der Waals surface area contributed by atoms with Gasteiger partial charge in [-0.15, -0.1) is 0 Å². The second-order valence-corrected chi connectivity index (χ2v) is 22.0. The highest BCUT2D eigenvalue weighted by Crippen LogP contribution is 2.40. The first-order valence-corrected chi connectivity index (χ1v) is 27.6. The molecule has 0 saturated carbocycles. The molecule has 8 aromatic rings. The summed E-state index contributed by atoms with van der Waals surface area (Å²) in [6, 6.07) is 49.1. The van der Waals surface area contributed by atoms with Gasteiger partial charge in [0.1, 0.15) is 23.0 Å². The Kier molecular flexibility index (Phi) is 18.0. The molecule has 0 aromatic heterocycles. The zero-order chi connectivity index (χ0) is 56.5. The molecule has 0 aliphatic heterocycles. The lowest BCUT2D eigenvalue weighted by Gasteiger charge is -2.22. The second-order valence-electron chi connectivity index (χ2n) is 19.6. The van der Waals surface area contributed by atoms with Crippen molar-refractivity contribution >= 4 is 68.3 Å². The molecule has 9 rings (SSSR count). The first-order valence-electron chi connectivity index (χ1n) is 26.0. The molecular weight excluding hydrogens is 1060 g/mol. The quantitative estimate of drug-likeness (QED) is 0.0846. The maximum Gasteiger partial charge on any atom is 0.126 e. The maximum atomic E-state index is 6.49. The van der Waals surface area contributed by atoms with Crippen molar-refractivity contribution in [2.75, 3.05) is 28.4 Å². The van der Waals surface area contributed by atoms with Crippen LogP contribution < -0.4 is 18.9 Å². The minimum atomic E-state index is 0.424. The summed E-state index contributed by atoms with van der Waals surface area (Å²) < 4.78 is 25.9. The van der Waals surface area contributed by atoms with Crippen molar-refractivity contribution in [2.24, 2.45) is 0 Å². The van der Waals surface area contributed by atoms with Crippen LogP contribution in [0.25, 0.3) is 0 Å². The molecule has 1 aliphatic rings. The summed E-state index contributed by atoms with van der Waals surface area (Å²) in [7, 11) is 6.90. The van der Waals surface area contributed by atoms with Gasteiger partial charge in [0.25, 0.3) is 0 Å². The van der Waals surface area contributed by atoms with Crippen LogP contribution >= 0.6 is 48.9 Å². The molecule has 0 unspecified atom stereocenters. The highest BCUT2D eigenvalue weighted by molar-refractivity contribution is 7.81. The van der Waals surface area contributed by atoms with Gasteiger partial charge >= 0.3 is 0 Å². The van der Waals surface area contributed by atoms with Crippen molar-refractivity contribution in [2.45, 2.75) is 53.4 Å². The van der Waals surface area contributed by atoms with Crippen LogP contribution in [0.15, 0.2) is 146 Å². The van der Waals surface area contributed by atoms with Crippen LogP contribution in [0.4, 0.5) is 0 Å². The summed E-state index contributed by atoms with van der Waals surface area (Å²) in [5.74, 6) is 30.7. The number of rotatable bonds is 8. The molecule has 0 N–H and O–H groups in total. The third-order valence-electron chi connectivity index (χ3n) is 13.9. The van der Waals surface area contributed by atoms with Crippen LogP contribution in [0.1, 0.15) is 139 Å². The Morgan fingerprint density at radius 1 is 0.263 bits per heavy atom. The highest BCUT2D eigenvalue weighted by Gasteiger charge is 2.23. The monoisotopic (exact) mass is 1110 g/mol. The van der Waals surface area contributed by atoms with E-state index in [9.17, 15) is 0 Å². The molecule has 8 bridgehead atoms. The minimum Gasteiger partial charge on any atom is -0.496 e. The molecule has 0 spiro atoms. The van der Waals surface area contributed by atoms with E-state index in [1.807, 2.05) is 125 Å². The van der Waals surface area contributed by atoms with Gasteiger partial charge < -0.3 is 18.9 Å². The number of ether oxygens (including phenoxy) is 4. The molecule has 8 aromatic carbocycles. The van der Waals surface area contributed by atoms with Gasteiger partial charge in [0.05, 0.1) is 28.4 Å². The molecule has 0 saturated heterocycles. The molecule has 0 amide bonds. The van der Waals surface area contributed by atoms with Crippen LogP contribution in [-0.2, 0) is 25.7 Å². The predicted octanol–water partition coefficient (Wildman–Crippen LogP) is 14.9. The lowest BCUT2D eigenvalue weighted by molar-refractivity contribution is 0.395. The zero-order valence-electron chi connectivity index (χ0n) is 46.0. The number of thiocarbonyl (C=S) groups is 4. The van der Waals surface area contributed by atoms with Crippen LogP contribution in [0, 0.1) is 47.4 Å². The normalized spacial score (nSPS) is 11.1. The van der Waals surface area contributed by atoms with Gasteiger partial charge in [0.2, 0.25) is 0 Å². The third kappa shape index (κ3) is 13.5. The third-order valence-corrected chi connectivity index (χ3v) is 14.8. The lowest BCUT2D eigenvalue weighted by atomic mass is 9.88. The number of fused-ring (bicyclic) bond motifs is 8. The van der Waals surface area contributed by atoms with Crippen LogP contribution in [0.2, 0.25) is 0 Å². The smallest absolute Gasteiger partial charge is 0.126 e. The number of benzene rings is 8. The molecule has 80 heavy (non-hydrogen) atoms. The molecule has 0 atom stereocenters. The van der Waals surface area contributed by atoms with E-state index in [1.165, 1.54) is 0 Å². The summed E-state index contributed by atoms with van der Waals surface area (Å²) in [5.41, 5.74) is 18.1. The maximum absolute atomic E-state index is 6.49. The van der Waals surface area contributed by atoms with Crippen molar-refractivity contribution in [3.05, 3.63) is 257 Å². The van der Waals surface area contributed by atoms with E-state index >= 15 is 0 Å². The molecular formula is C72H56O4S4. The van der Waals surface area contributed by atoms with Crippen LogP contribution in [0.5, 0.6) is 23.0 Å². The summed E-state index contributed by atoms with van der Waals surface area (Å²) >= 11 is 21.8. The molecule has 0 radical (unpaired) electrons. The molecule has 0 heterocycles. The number of hydrogen-bond acceptors (Lipinski definition) is 8. The fourth-order valence-corrected chi connectivity index (χ4v) is 10.5. The zero-order valence-corrected chi connectivity index (χ0v) is 49.2. The standard InChI is InChI=1S/C72H56O4S4/c1-45(77)57-25-17-49(18-26-57)9-13-53-33-61-41-63-35-54(14-10-50-19-27-58(28-20-50)46(2)78)37-65(70(63)74-6)43-67-39-56(16-12-52-23-31-60(32-24-52)48(4)80)40-68(72(67)76-8)44-66-38-55(15-11-51-21-29-59(30-22-51)47(3)79)36-64(71(66)75-7)42-62(34-53)69(61)73-5/h17-40H,41-44H2,1-8H3. The largest absolute Gasteiger partial charge is 0.496 e. The summed E-state index contributed by atoms with van der Waals surface area (Å²) in [5, 5.41) is 0.